The first-order valence-corrected chi connectivity index (χ1v) is 16.3. The van der Waals surface area contributed by atoms with Gasteiger partial charge in [-0.2, -0.15) is 0 Å². The molecule has 224 valence electrons. The highest BCUT2D eigenvalue weighted by Gasteiger charge is 2.35. The Hall–Kier alpha value is -3.36. The molecule has 4 rings (SSSR count). The van der Waals surface area contributed by atoms with Crippen molar-refractivity contribution < 1.29 is 18.0 Å². The van der Waals surface area contributed by atoms with Crippen molar-refractivity contribution in [3.8, 4) is 0 Å². The molecule has 0 unspecified atom stereocenters. The fourth-order valence-corrected chi connectivity index (χ4v) is 7.13. The zero-order valence-corrected chi connectivity index (χ0v) is 26.3. The molecule has 1 aliphatic rings. The van der Waals surface area contributed by atoms with Crippen LogP contribution in [-0.4, -0.2) is 43.8 Å². The van der Waals surface area contributed by atoms with Gasteiger partial charge in [-0.1, -0.05) is 78.9 Å². The zero-order valence-electron chi connectivity index (χ0n) is 24.8. The van der Waals surface area contributed by atoms with Crippen LogP contribution in [0.3, 0.4) is 0 Å². The van der Waals surface area contributed by atoms with Gasteiger partial charge in [0.05, 0.1) is 10.6 Å². The van der Waals surface area contributed by atoms with Crippen LogP contribution in [0.15, 0.2) is 71.6 Å². The van der Waals surface area contributed by atoms with Crippen LogP contribution in [0.5, 0.6) is 0 Å². The SMILES string of the molecule is CC[C@H](C(=O)NC1CCCC1)N(Cc1ccc(C)cc1)C(=O)CN(c1ccc(Cl)cc1C)S(=O)(=O)c1ccc(C)cc1. The molecule has 1 saturated carbocycles. The second-order valence-corrected chi connectivity index (χ2v) is 13.5. The normalized spacial score (nSPS) is 14.4. The van der Waals surface area contributed by atoms with E-state index in [4.69, 9.17) is 11.6 Å². The lowest BCUT2D eigenvalue weighted by molar-refractivity contribution is -0.140. The Bertz CT molecular complexity index is 1500. The summed E-state index contributed by atoms with van der Waals surface area (Å²) in [4.78, 5) is 29.4. The molecule has 1 atom stereocenters. The quantitative estimate of drug-likeness (QED) is 0.275. The minimum Gasteiger partial charge on any atom is -0.352 e. The van der Waals surface area contributed by atoms with Gasteiger partial charge in [-0.15, -0.1) is 0 Å². The fraction of sp³-hybridized carbons (Fsp3) is 0.394. The van der Waals surface area contributed by atoms with E-state index < -0.39 is 28.5 Å². The second-order valence-electron chi connectivity index (χ2n) is 11.2. The summed E-state index contributed by atoms with van der Waals surface area (Å²) in [5.74, 6) is -0.672. The predicted octanol–water partition coefficient (Wildman–Crippen LogP) is 6.33. The number of sulfonamides is 1. The molecular formula is C33H40ClN3O4S. The highest BCUT2D eigenvalue weighted by molar-refractivity contribution is 7.92. The number of nitrogens with zero attached hydrogens (tertiary/aromatic N) is 2. The van der Waals surface area contributed by atoms with Crippen LogP contribution in [0.1, 0.15) is 61.3 Å². The summed E-state index contributed by atoms with van der Waals surface area (Å²) >= 11 is 6.21. The van der Waals surface area contributed by atoms with Gasteiger partial charge in [0, 0.05) is 17.6 Å². The summed E-state index contributed by atoms with van der Waals surface area (Å²) in [5, 5.41) is 3.61. The first-order valence-electron chi connectivity index (χ1n) is 14.5. The average Bonchev–Trinajstić information content (AvgIpc) is 3.46. The van der Waals surface area contributed by atoms with Crippen LogP contribution in [0.2, 0.25) is 5.02 Å². The van der Waals surface area contributed by atoms with E-state index in [1.165, 1.54) is 4.90 Å². The smallest absolute Gasteiger partial charge is 0.264 e. The van der Waals surface area contributed by atoms with Gasteiger partial charge < -0.3 is 10.2 Å². The van der Waals surface area contributed by atoms with Gasteiger partial charge in [0.15, 0.2) is 0 Å². The number of hydrogen-bond donors (Lipinski definition) is 1. The van der Waals surface area contributed by atoms with Crippen molar-refractivity contribution in [2.75, 3.05) is 10.8 Å². The lowest BCUT2D eigenvalue weighted by atomic mass is 10.1. The lowest BCUT2D eigenvalue weighted by Gasteiger charge is -2.34. The van der Waals surface area contributed by atoms with Crippen molar-refractivity contribution >= 4 is 39.1 Å². The van der Waals surface area contributed by atoms with E-state index >= 15 is 0 Å². The van der Waals surface area contributed by atoms with Crippen molar-refractivity contribution in [1.82, 2.24) is 10.2 Å². The average molecular weight is 610 g/mol. The first-order chi connectivity index (χ1) is 20.0. The Kier molecular flexibility index (Phi) is 10.3. The van der Waals surface area contributed by atoms with E-state index in [1.807, 2.05) is 45.0 Å². The third-order valence-electron chi connectivity index (χ3n) is 7.88. The van der Waals surface area contributed by atoms with Crippen molar-refractivity contribution in [3.63, 3.8) is 0 Å². The predicted molar refractivity (Wildman–Crippen MR) is 168 cm³/mol. The summed E-state index contributed by atoms with van der Waals surface area (Å²) in [6, 6.07) is 18.6. The third-order valence-corrected chi connectivity index (χ3v) is 9.89. The molecule has 0 aromatic heterocycles. The highest BCUT2D eigenvalue weighted by Crippen LogP contribution is 2.30. The molecule has 0 radical (unpaired) electrons. The molecule has 3 aromatic rings. The topological polar surface area (TPSA) is 86.8 Å². The molecule has 0 spiro atoms. The number of nitrogens with one attached hydrogen (secondary N) is 1. The molecule has 1 N–H and O–H groups in total. The van der Waals surface area contributed by atoms with Gasteiger partial charge in [0.25, 0.3) is 10.0 Å². The monoisotopic (exact) mass is 609 g/mol. The third kappa shape index (κ3) is 7.53. The van der Waals surface area contributed by atoms with Crippen LogP contribution >= 0.6 is 11.6 Å². The van der Waals surface area contributed by atoms with E-state index in [-0.39, 0.29) is 23.4 Å². The van der Waals surface area contributed by atoms with Gasteiger partial charge in [-0.25, -0.2) is 8.42 Å². The van der Waals surface area contributed by atoms with Crippen LogP contribution in [0, 0.1) is 20.8 Å². The lowest BCUT2D eigenvalue weighted by Crippen LogP contribution is -2.53. The van der Waals surface area contributed by atoms with Crippen LogP contribution in [0.4, 0.5) is 5.69 Å². The summed E-state index contributed by atoms with van der Waals surface area (Å²) < 4.78 is 29.3. The Morgan fingerprint density at radius 1 is 0.929 bits per heavy atom. The number of halogens is 1. The highest BCUT2D eigenvalue weighted by atomic mass is 35.5. The number of benzene rings is 3. The van der Waals surface area contributed by atoms with Crippen LogP contribution in [-0.2, 0) is 26.2 Å². The summed E-state index contributed by atoms with van der Waals surface area (Å²) in [7, 11) is -4.14. The van der Waals surface area contributed by atoms with E-state index in [0.29, 0.717) is 22.7 Å². The number of hydrogen-bond acceptors (Lipinski definition) is 4. The molecule has 1 aliphatic carbocycles. The molecule has 9 heteroatoms. The Balaban J connectivity index is 1.73. The number of aryl methyl sites for hydroxylation is 3. The standard InChI is InChI=1S/C33H40ClN3O4S/c1-5-30(33(39)35-28-8-6-7-9-28)36(21-26-14-10-23(2)11-15-26)32(38)22-37(31-19-16-27(34)20-25(31)4)42(40,41)29-17-12-24(3)13-18-29/h10-20,28,30H,5-9,21-22H2,1-4H3,(H,35,39)/t30-/m1/s1. The van der Waals surface area contributed by atoms with Crippen molar-refractivity contribution in [2.24, 2.45) is 0 Å². The Labute approximate surface area is 254 Å². The summed E-state index contributed by atoms with van der Waals surface area (Å²) in [5.41, 5.74) is 3.82. The van der Waals surface area contributed by atoms with E-state index in [0.717, 1.165) is 46.7 Å². The molecular weight excluding hydrogens is 570 g/mol. The minimum absolute atomic E-state index is 0.0753. The maximum absolute atomic E-state index is 14.3. The number of carbonyl (C=O) groups is 2. The first kappa shape index (κ1) is 31.6. The van der Waals surface area contributed by atoms with Gasteiger partial charge in [-0.05, 0) is 81.5 Å². The number of anilines is 1. The fourth-order valence-electron chi connectivity index (χ4n) is 5.43. The van der Waals surface area contributed by atoms with Gasteiger partial charge >= 0.3 is 0 Å². The van der Waals surface area contributed by atoms with Crippen molar-refractivity contribution in [2.45, 2.75) is 83.3 Å². The van der Waals surface area contributed by atoms with E-state index in [1.54, 1.807) is 49.4 Å². The van der Waals surface area contributed by atoms with Crippen molar-refractivity contribution in [3.05, 3.63) is 94.0 Å². The van der Waals surface area contributed by atoms with Gasteiger partial charge in [-0.3, -0.25) is 13.9 Å². The molecule has 0 heterocycles. The van der Waals surface area contributed by atoms with Gasteiger partial charge in [0.1, 0.15) is 12.6 Å². The molecule has 42 heavy (non-hydrogen) atoms. The number of carbonyl (C=O) groups excluding carboxylic acids is 2. The molecule has 2 amide bonds. The van der Waals surface area contributed by atoms with E-state index in [2.05, 4.69) is 5.32 Å². The van der Waals surface area contributed by atoms with Gasteiger partial charge in [0.2, 0.25) is 11.8 Å². The number of rotatable bonds is 11. The Morgan fingerprint density at radius 2 is 1.52 bits per heavy atom. The molecule has 1 fully saturated rings. The van der Waals surface area contributed by atoms with Crippen LogP contribution < -0.4 is 9.62 Å². The molecule has 3 aromatic carbocycles. The molecule has 0 saturated heterocycles. The number of amides is 2. The van der Waals surface area contributed by atoms with Crippen LogP contribution in [0.25, 0.3) is 0 Å². The maximum atomic E-state index is 14.3. The summed E-state index contributed by atoms with van der Waals surface area (Å²) in [6.45, 7) is 7.20. The zero-order chi connectivity index (χ0) is 30.4. The summed E-state index contributed by atoms with van der Waals surface area (Å²) in [6.07, 6.45) is 4.37. The van der Waals surface area contributed by atoms with E-state index in [9.17, 15) is 18.0 Å². The molecule has 0 aliphatic heterocycles. The minimum atomic E-state index is -4.14. The molecule has 0 bridgehead atoms. The largest absolute Gasteiger partial charge is 0.352 e. The second kappa shape index (κ2) is 13.7. The van der Waals surface area contributed by atoms with Crippen molar-refractivity contribution in [1.29, 1.82) is 0 Å². The Morgan fingerprint density at radius 3 is 2.10 bits per heavy atom. The molecule has 7 nitrogen and oxygen atoms in total. The maximum Gasteiger partial charge on any atom is 0.264 e.